The van der Waals surface area contributed by atoms with E-state index in [1.807, 2.05) is 30.3 Å². The van der Waals surface area contributed by atoms with Crippen molar-refractivity contribution in [3.8, 4) is 0 Å². The second kappa shape index (κ2) is 6.65. The van der Waals surface area contributed by atoms with Gasteiger partial charge < -0.3 is 16.8 Å². The normalized spacial score (nSPS) is 14.5. The minimum atomic E-state index is -0.281. The molecule has 24 heavy (non-hydrogen) atoms. The van der Waals surface area contributed by atoms with Crippen molar-refractivity contribution in [3.63, 3.8) is 0 Å². The number of anilines is 2. The third kappa shape index (κ3) is 3.43. The summed E-state index contributed by atoms with van der Waals surface area (Å²) >= 11 is 3.39. The number of carbonyl (C=O) groups excluding carboxylic acids is 1. The lowest BCUT2D eigenvalue weighted by Gasteiger charge is -2.13. The van der Waals surface area contributed by atoms with Gasteiger partial charge >= 0.3 is 0 Å². The van der Waals surface area contributed by atoms with Crippen molar-refractivity contribution >= 4 is 44.6 Å². The van der Waals surface area contributed by atoms with E-state index in [4.69, 9.17) is 11.5 Å². The first-order valence-corrected chi connectivity index (χ1v) is 8.54. The number of amides is 1. The molecule has 0 aliphatic heterocycles. The summed E-state index contributed by atoms with van der Waals surface area (Å²) in [6, 6.07) is 11.1. The molecule has 0 spiro atoms. The topological polar surface area (TPSA) is 93.5 Å². The predicted molar refractivity (Wildman–Crippen MR) is 102 cm³/mol. The molecule has 5 nitrogen and oxygen atoms in total. The van der Waals surface area contributed by atoms with Gasteiger partial charge in [0.05, 0.1) is 5.69 Å². The van der Waals surface area contributed by atoms with Gasteiger partial charge in [0.2, 0.25) is 0 Å². The lowest BCUT2D eigenvalue weighted by molar-refractivity contribution is -0.114. The molecule has 0 heterocycles. The van der Waals surface area contributed by atoms with Crippen molar-refractivity contribution in [2.75, 3.05) is 18.5 Å². The first-order valence-electron chi connectivity index (χ1n) is 7.75. The number of halogens is 1. The molecule has 0 bridgehead atoms. The van der Waals surface area contributed by atoms with Gasteiger partial charge in [0.1, 0.15) is 5.71 Å². The Hall–Kier alpha value is -2.34. The number of nitrogens with one attached hydrogen (secondary N) is 1. The van der Waals surface area contributed by atoms with Crippen LogP contribution in [-0.4, -0.2) is 18.7 Å². The number of nitrogens with two attached hydrogens (primary N) is 2. The Morgan fingerprint density at radius 3 is 2.42 bits per heavy atom. The summed E-state index contributed by atoms with van der Waals surface area (Å²) in [5.41, 5.74) is 16.0. The largest absolute Gasteiger partial charge is 0.398 e. The molecule has 0 aromatic heterocycles. The maximum absolute atomic E-state index is 12.4. The zero-order chi connectivity index (χ0) is 17.3. The van der Waals surface area contributed by atoms with Crippen LogP contribution in [0.2, 0.25) is 0 Å². The van der Waals surface area contributed by atoms with Gasteiger partial charge in [-0.2, -0.15) is 0 Å². The highest BCUT2D eigenvalue weighted by Crippen LogP contribution is 2.44. The molecule has 2 aromatic carbocycles. The van der Waals surface area contributed by atoms with E-state index in [-0.39, 0.29) is 5.91 Å². The van der Waals surface area contributed by atoms with E-state index >= 15 is 0 Å². The minimum Gasteiger partial charge on any atom is -0.398 e. The minimum absolute atomic E-state index is 0.281. The van der Waals surface area contributed by atoms with Crippen LogP contribution in [0.15, 0.2) is 45.9 Å². The van der Waals surface area contributed by atoms with Crippen molar-refractivity contribution < 1.29 is 4.79 Å². The number of nitrogens with zero attached hydrogens (tertiary/aromatic N) is 1. The van der Waals surface area contributed by atoms with Gasteiger partial charge in [0.15, 0.2) is 0 Å². The Morgan fingerprint density at radius 2 is 1.83 bits per heavy atom. The summed E-state index contributed by atoms with van der Waals surface area (Å²) in [6.45, 7) is 0. The molecule has 1 aliphatic rings. The van der Waals surface area contributed by atoms with Gasteiger partial charge in [-0.3, -0.25) is 4.79 Å². The van der Waals surface area contributed by atoms with Crippen LogP contribution < -0.4 is 16.8 Å². The third-order valence-electron chi connectivity index (χ3n) is 4.04. The molecule has 124 valence electrons. The number of aliphatic imine (C=N–C) groups is 1. The molecule has 0 atom stereocenters. The Kier molecular flexibility index (Phi) is 4.57. The Balaban J connectivity index is 2.11. The highest BCUT2D eigenvalue weighted by atomic mass is 79.9. The van der Waals surface area contributed by atoms with Gasteiger partial charge in [0, 0.05) is 28.5 Å². The van der Waals surface area contributed by atoms with E-state index in [1.54, 1.807) is 13.1 Å². The number of hydrogen-bond donors (Lipinski definition) is 3. The van der Waals surface area contributed by atoms with Gasteiger partial charge in [0.25, 0.3) is 5.91 Å². The predicted octanol–water partition coefficient (Wildman–Crippen LogP) is 3.36. The number of hydrogen-bond acceptors (Lipinski definition) is 4. The van der Waals surface area contributed by atoms with Crippen LogP contribution in [0.3, 0.4) is 0 Å². The van der Waals surface area contributed by atoms with Gasteiger partial charge in [-0.15, -0.1) is 0 Å². The number of benzene rings is 2. The van der Waals surface area contributed by atoms with Crippen molar-refractivity contribution in [1.29, 1.82) is 0 Å². The average Bonchev–Trinajstić information content (AvgIpc) is 3.39. The summed E-state index contributed by atoms with van der Waals surface area (Å²) in [5, 5.41) is 2.64. The molecular formula is C18H19BrN4O. The SMILES string of the molecule is CNC(=O)C(=Nc1ccc(Br)cc1)c1cc(C2CC2)c(N)cc1N. The molecular weight excluding hydrogens is 368 g/mol. The Bertz CT molecular complexity index is 811. The molecule has 1 saturated carbocycles. The maximum Gasteiger partial charge on any atom is 0.270 e. The smallest absolute Gasteiger partial charge is 0.270 e. The second-order valence-electron chi connectivity index (χ2n) is 5.86. The molecule has 0 unspecified atom stereocenters. The number of likely N-dealkylation sites (N-methyl/N-ethyl adjacent to an activating group) is 1. The van der Waals surface area contributed by atoms with E-state index in [2.05, 4.69) is 26.2 Å². The molecule has 6 heteroatoms. The van der Waals surface area contributed by atoms with Crippen LogP contribution in [0.4, 0.5) is 17.1 Å². The molecule has 3 rings (SSSR count). The van der Waals surface area contributed by atoms with E-state index in [0.29, 0.717) is 34.3 Å². The lowest BCUT2D eigenvalue weighted by atomic mass is 9.99. The highest BCUT2D eigenvalue weighted by molar-refractivity contribution is 9.10. The molecule has 0 radical (unpaired) electrons. The van der Waals surface area contributed by atoms with Crippen molar-refractivity contribution in [2.24, 2.45) is 4.99 Å². The maximum atomic E-state index is 12.4. The Morgan fingerprint density at radius 1 is 1.17 bits per heavy atom. The second-order valence-corrected chi connectivity index (χ2v) is 6.77. The van der Waals surface area contributed by atoms with E-state index in [0.717, 1.165) is 22.9 Å². The zero-order valence-corrected chi connectivity index (χ0v) is 14.9. The fourth-order valence-electron chi connectivity index (χ4n) is 2.60. The number of carbonyl (C=O) groups is 1. The average molecular weight is 387 g/mol. The van der Waals surface area contributed by atoms with Gasteiger partial charge in [-0.25, -0.2) is 4.99 Å². The van der Waals surface area contributed by atoms with Crippen LogP contribution >= 0.6 is 15.9 Å². The number of rotatable bonds is 4. The van der Waals surface area contributed by atoms with Crippen LogP contribution in [-0.2, 0) is 4.79 Å². The van der Waals surface area contributed by atoms with Crippen LogP contribution in [0.1, 0.15) is 29.9 Å². The molecule has 1 amide bonds. The first-order chi connectivity index (χ1) is 11.5. The lowest BCUT2D eigenvalue weighted by Crippen LogP contribution is -2.29. The zero-order valence-electron chi connectivity index (χ0n) is 13.3. The van der Waals surface area contributed by atoms with Crippen molar-refractivity contribution in [1.82, 2.24) is 5.32 Å². The summed E-state index contributed by atoms with van der Waals surface area (Å²) < 4.78 is 0.950. The Labute approximate surface area is 149 Å². The molecule has 0 saturated heterocycles. The standard InChI is InChI=1S/C18H19BrN4O/c1-22-18(24)17(23-12-6-4-11(19)5-7-12)14-8-13(10-2-3-10)15(20)9-16(14)21/h4-10H,2-3,20-21H2,1H3,(H,22,24). The summed E-state index contributed by atoms with van der Waals surface area (Å²) in [7, 11) is 1.58. The van der Waals surface area contributed by atoms with Crippen molar-refractivity contribution in [2.45, 2.75) is 18.8 Å². The van der Waals surface area contributed by atoms with Gasteiger partial charge in [-0.1, -0.05) is 15.9 Å². The summed E-state index contributed by atoms with van der Waals surface area (Å²) in [4.78, 5) is 16.9. The van der Waals surface area contributed by atoms with Crippen LogP contribution in [0.25, 0.3) is 0 Å². The summed E-state index contributed by atoms with van der Waals surface area (Å²) in [5.74, 6) is 0.180. The fourth-order valence-corrected chi connectivity index (χ4v) is 2.86. The fraction of sp³-hybridized carbons (Fsp3) is 0.222. The van der Waals surface area contributed by atoms with Crippen molar-refractivity contribution in [3.05, 3.63) is 52.0 Å². The van der Waals surface area contributed by atoms with Crippen LogP contribution in [0, 0.1) is 0 Å². The molecule has 1 fully saturated rings. The highest BCUT2D eigenvalue weighted by Gasteiger charge is 2.28. The third-order valence-corrected chi connectivity index (χ3v) is 4.57. The number of nitrogen functional groups attached to an aromatic ring is 2. The first kappa shape index (κ1) is 16.5. The quantitative estimate of drug-likeness (QED) is 0.555. The summed E-state index contributed by atoms with van der Waals surface area (Å²) in [6.07, 6.45) is 2.24. The van der Waals surface area contributed by atoms with E-state index in [1.165, 1.54) is 0 Å². The van der Waals surface area contributed by atoms with E-state index < -0.39 is 0 Å². The van der Waals surface area contributed by atoms with E-state index in [9.17, 15) is 4.79 Å². The molecule has 2 aromatic rings. The monoisotopic (exact) mass is 386 g/mol. The molecule has 5 N–H and O–H groups in total. The van der Waals surface area contributed by atoms with Gasteiger partial charge in [-0.05, 0) is 60.7 Å². The van der Waals surface area contributed by atoms with Crippen LogP contribution in [0.5, 0.6) is 0 Å². The molecule has 1 aliphatic carbocycles.